The molecule has 1 aromatic heterocycles. The number of carbonyl (C=O) groups is 2. The lowest BCUT2D eigenvalue weighted by atomic mass is 10.1. The van der Waals surface area contributed by atoms with Crippen molar-refractivity contribution in [1.82, 2.24) is 9.78 Å². The summed E-state index contributed by atoms with van der Waals surface area (Å²) in [5.74, 6) is -1.13. The van der Waals surface area contributed by atoms with Crippen molar-refractivity contribution in [2.24, 2.45) is 7.05 Å². The number of aromatic nitrogens is 2. The number of rotatable bonds is 2. The van der Waals surface area contributed by atoms with Crippen LogP contribution in [-0.4, -0.2) is 21.6 Å². The van der Waals surface area contributed by atoms with Crippen LogP contribution in [0.15, 0.2) is 30.5 Å². The van der Waals surface area contributed by atoms with E-state index in [0.29, 0.717) is 11.5 Å². The van der Waals surface area contributed by atoms with E-state index in [9.17, 15) is 9.59 Å². The molecule has 0 aliphatic carbocycles. The van der Waals surface area contributed by atoms with E-state index in [1.165, 1.54) is 4.68 Å². The van der Waals surface area contributed by atoms with Gasteiger partial charge in [0.05, 0.1) is 0 Å². The van der Waals surface area contributed by atoms with Gasteiger partial charge in [0.2, 0.25) is 0 Å². The van der Waals surface area contributed by atoms with Crippen molar-refractivity contribution in [3.63, 3.8) is 0 Å². The summed E-state index contributed by atoms with van der Waals surface area (Å²) in [6.45, 7) is 3.85. The van der Waals surface area contributed by atoms with Gasteiger partial charge in [0, 0.05) is 25.0 Å². The molecule has 0 aliphatic heterocycles. The maximum absolute atomic E-state index is 11.8. The van der Waals surface area contributed by atoms with Crippen LogP contribution in [0, 0.1) is 13.8 Å². The quantitative estimate of drug-likeness (QED) is 0.815. The topological polar surface area (TPSA) is 76.0 Å². The summed E-state index contributed by atoms with van der Waals surface area (Å²) in [4.78, 5) is 23.5. The Morgan fingerprint density at radius 1 is 1.05 bits per heavy atom. The number of amides is 2. The van der Waals surface area contributed by atoms with Gasteiger partial charge in [-0.15, -0.1) is 0 Å². The molecule has 6 heteroatoms. The molecule has 2 aromatic rings. The number of benzene rings is 1. The molecule has 104 valence electrons. The van der Waals surface area contributed by atoms with Gasteiger partial charge < -0.3 is 10.6 Å². The molecular weight excluding hydrogens is 256 g/mol. The number of hydrogen-bond donors (Lipinski definition) is 2. The average molecular weight is 272 g/mol. The highest BCUT2D eigenvalue weighted by atomic mass is 16.2. The minimum Gasteiger partial charge on any atom is -0.318 e. The Morgan fingerprint density at radius 3 is 2.20 bits per heavy atom. The highest BCUT2D eigenvalue weighted by molar-refractivity contribution is 6.43. The van der Waals surface area contributed by atoms with Gasteiger partial charge in [0.1, 0.15) is 0 Å². The van der Waals surface area contributed by atoms with Gasteiger partial charge in [-0.2, -0.15) is 5.10 Å². The molecule has 0 spiro atoms. The molecule has 1 aromatic carbocycles. The van der Waals surface area contributed by atoms with Crippen molar-refractivity contribution < 1.29 is 9.59 Å². The number of nitrogens with zero attached hydrogens (tertiary/aromatic N) is 2. The van der Waals surface area contributed by atoms with Crippen molar-refractivity contribution in [3.05, 3.63) is 41.6 Å². The SMILES string of the molecule is Cc1cc(C)cc(NC(=O)C(=O)Nc2ccn(C)n2)c1. The summed E-state index contributed by atoms with van der Waals surface area (Å²) in [6.07, 6.45) is 1.68. The van der Waals surface area contributed by atoms with Crippen molar-refractivity contribution in [2.45, 2.75) is 13.8 Å². The fourth-order valence-electron chi connectivity index (χ4n) is 1.89. The van der Waals surface area contributed by atoms with Gasteiger partial charge in [-0.1, -0.05) is 6.07 Å². The van der Waals surface area contributed by atoms with Gasteiger partial charge >= 0.3 is 11.8 Å². The van der Waals surface area contributed by atoms with Crippen LogP contribution in [0.3, 0.4) is 0 Å². The summed E-state index contributed by atoms with van der Waals surface area (Å²) in [6, 6.07) is 7.21. The van der Waals surface area contributed by atoms with E-state index < -0.39 is 11.8 Å². The second-order valence-corrected chi connectivity index (χ2v) is 4.66. The number of nitrogens with one attached hydrogen (secondary N) is 2. The first-order valence-corrected chi connectivity index (χ1v) is 6.14. The van der Waals surface area contributed by atoms with Gasteiger partial charge in [0.25, 0.3) is 0 Å². The Bertz CT molecular complexity index is 641. The van der Waals surface area contributed by atoms with Crippen LogP contribution in [0.5, 0.6) is 0 Å². The molecular formula is C14H16N4O2. The lowest BCUT2D eigenvalue weighted by molar-refractivity contribution is -0.133. The standard InChI is InChI=1S/C14H16N4O2/c1-9-6-10(2)8-11(7-9)15-13(19)14(20)16-12-4-5-18(3)17-12/h4-8H,1-3H3,(H,15,19)(H,16,17,20). The number of aryl methyl sites for hydroxylation is 3. The lowest BCUT2D eigenvalue weighted by Gasteiger charge is -2.07. The third kappa shape index (κ3) is 3.44. The van der Waals surface area contributed by atoms with Crippen LogP contribution in [0.1, 0.15) is 11.1 Å². The van der Waals surface area contributed by atoms with Crippen LogP contribution in [0.25, 0.3) is 0 Å². The first-order valence-electron chi connectivity index (χ1n) is 6.14. The molecule has 0 atom stereocenters. The molecule has 20 heavy (non-hydrogen) atoms. The summed E-state index contributed by atoms with van der Waals surface area (Å²) in [7, 11) is 1.73. The van der Waals surface area contributed by atoms with E-state index in [0.717, 1.165) is 11.1 Å². The second-order valence-electron chi connectivity index (χ2n) is 4.66. The van der Waals surface area contributed by atoms with E-state index in [2.05, 4.69) is 15.7 Å². The predicted octanol–water partition coefficient (Wildman–Crippen LogP) is 1.61. The van der Waals surface area contributed by atoms with Gasteiger partial charge in [-0.3, -0.25) is 14.3 Å². The average Bonchev–Trinajstić information content (AvgIpc) is 2.73. The molecule has 2 rings (SSSR count). The van der Waals surface area contributed by atoms with E-state index in [1.54, 1.807) is 31.4 Å². The lowest BCUT2D eigenvalue weighted by Crippen LogP contribution is -2.29. The maximum atomic E-state index is 11.8. The molecule has 1 heterocycles. The smallest absolute Gasteiger partial charge is 0.315 e. The molecule has 2 N–H and O–H groups in total. The van der Waals surface area contributed by atoms with Crippen LogP contribution in [0.4, 0.5) is 11.5 Å². The number of carbonyl (C=O) groups excluding carboxylic acids is 2. The molecule has 2 amide bonds. The summed E-state index contributed by atoms with van der Waals surface area (Å²) in [5.41, 5.74) is 2.64. The molecule has 0 saturated carbocycles. The zero-order chi connectivity index (χ0) is 14.7. The highest BCUT2D eigenvalue weighted by Gasteiger charge is 2.15. The third-order valence-electron chi connectivity index (χ3n) is 2.64. The fraction of sp³-hybridized carbons (Fsp3) is 0.214. The highest BCUT2D eigenvalue weighted by Crippen LogP contribution is 2.13. The van der Waals surface area contributed by atoms with Crippen molar-refractivity contribution in [2.75, 3.05) is 10.6 Å². The third-order valence-corrected chi connectivity index (χ3v) is 2.64. The van der Waals surface area contributed by atoms with E-state index in [-0.39, 0.29) is 0 Å². The summed E-state index contributed by atoms with van der Waals surface area (Å²) < 4.78 is 1.54. The minimum atomic E-state index is -0.747. The summed E-state index contributed by atoms with van der Waals surface area (Å²) in [5, 5.41) is 8.97. The monoisotopic (exact) mass is 272 g/mol. The van der Waals surface area contributed by atoms with Crippen LogP contribution in [0.2, 0.25) is 0 Å². The van der Waals surface area contributed by atoms with Crippen LogP contribution >= 0.6 is 0 Å². The molecule has 0 fully saturated rings. The van der Waals surface area contributed by atoms with E-state index >= 15 is 0 Å². The first kappa shape index (κ1) is 13.8. The zero-order valence-corrected chi connectivity index (χ0v) is 11.6. The largest absolute Gasteiger partial charge is 0.318 e. The van der Waals surface area contributed by atoms with E-state index in [1.807, 2.05) is 19.9 Å². The predicted molar refractivity (Wildman–Crippen MR) is 76.4 cm³/mol. The van der Waals surface area contributed by atoms with E-state index in [4.69, 9.17) is 0 Å². The van der Waals surface area contributed by atoms with Gasteiger partial charge in [-0.25, -0.2) is 0 Å². The molecule has 6 nitrogen and oxygen atoms in total. The minimum absolute atomic E-state index is 0.341. The van der Waals surface area contributed by atoms with Crippen LogP contribution < -0.4 is 10.6 Å². The Balaban J connectivity index is 2.02. The maximum Gasteiger partial charge on any atom is 0.315 e. The molecule has 0 aliphatic rings. The second kappa shape index (κ2) is 5.56. The number of hydrogen-bond acceptors (Lipinski definition) is 3. The molecule has 0 saturated heterocycles. The molecule has 0 unspecified atom stereocenters. The van der Waals surface area contributed by atoms with Gasteiger partial charge in [-0.05, 0) is 37.1 Å². The van der Waals surface area contributed by atoms with Crippen molar-refractivity contribution in [1.29, 1.82) is 0 Å². The van der Waals surface area contributed by atoms with Crippen molar-refractivity contribution >= 4 is 23.3 Å². The van der Waals surface area contributed by atoms with Crippen molar-refractivity contribution in [3.8, 4) is 0 Å². The Hall–Kier alpha value is -2.63. The normalized spacial score (nSPS) is 10.2. The fourth-order valence-corrected chi connectivity index (χ4v) is 1.89. The first-order chi connectivity index (χ1) is 9.44. The number of anilines is 2. The Labute approximate surface area is 116 Å². The molecule has 0 radical (unpaired) electrons. The molecule has 0 bridgehead atoms. The Kier molecular flexibility index (Phi) is 3.84. The van der Waals surface area contributed by atoms with Crippen LogP contribution in [-0.2, 0) is 16.6 Å². The zero-order valence-electron chi connectivity index (χ0n) is 11.6. The Morgan fingerprint density at radius 2 is 1.65 bits per heavy atom. The van der Waals surface area contributed by atoms with Gasteiger partial charge in [0.15, 0.2) is 5.82 Å². The summed E-state index contributed by atoms with van der Waals surface area (Å²) >= 11 is 0.